The summed E-state index contributed by atoms with van der Waals surface area (Å²) in [7, 11) is 1.72. The van der Waals surface area contributed by atoms with Gasteiger partial charge in [0.05, 0.1) is 24.9 Å². The van der Waals surface area contributed by atoms with E-state index in [-0.39, 0.29) is 30.1 Å². The molecule has 1 atom stereocenters. The van der Waals surface area contributed by atoms with Crippen molar-refractivity contribution in [1.29, 1.82) is 0 Å². The van der Waals surface area contributed by atoms with Gasteiger partial charge in [-0.05, 0) is 24.3 Å². The molecule has 0 spiro atoms. The van der Waals surface area contributed by atoms with Crippen LogP contribution >= 0.6 is 11.3 Å². The van der Waals surface area contributed by atoms with Gasteiger partial charge >= 0.3 is 0 Å². The SMILES string of the molecule is CN(C[C@@H]1COc2ccccc2O1)C(=O)Cc1csc(NC(=O)c2ccco2)n1. The number of carbonyl (C=O) groups is 2. The molecule has 9 heteroatoms. The Morgan fingerprint density at radius 2 is 2.07 bits per heavy atom. The van der Waals surface area contributed by atoms with Gasteiger partial charge in [0.15, 0.2) is 28.5 Å². The lowest BCUT2D eigenvalue weighted by Crippen LogP contribution is -2.42. The molecule has 0 aliphatic carbocycles. The number of amides is 2. The molecule has 2 amide bonds. The predicted octanol–water partition coefficient (Wildman–Crippen LogP) is 2.83. The number of hydrogen-bond donors (Lipinski definition) is 1. The van der Waals surface area contributed by atoms with Crippen LogP contribution in [0, 0.1) is 0 Å². The van der Waals surface area contributed by atoms with Gasteiger partial charge in [0.25, 0.3) is 5.91 Å². The maximum Gasteiger partial charge on any atom is 0.293 e. The number of ether oxygens (including phenoxy) is 2. The van der Waals surface area contributed by atoms with Gasteiger partial charge in [-0.1, -0.05) is 12.1 Å². The molecule has 1 aliphatic rings. The number of rotatable bonds is 6. The summed E-state index contributed by atoms with van der Waals surface area (Å²) >= 11 is 1.26. The number of aromatic nitrogens is 1. The summed E-state index contributed by atoms with van der Waals surface area (Å²) in [6.07, 6.45) is 1.32. The van der Waals surface area contributed by atoms with E-state index in [1.807, 2.05) is 24.3 Å². The summed E-state index contributed by atoms with van der Waals surface area (Å²) in [5.74, 6) is 1.12. The van der Waals surface area contributed by atoms with E-state index >= 15 is 0 Å². The highest BCUT2D eigenvalue weighted by Crippen LogP contribution is 2.31. The number of hydrogen-bond acceptors (Lipinski definition) is 7. The molecule has 0 unspecified atom stereocenters. The number of carbonyl (C=O) groups excluding carboxylic acids is 2. The van der Waals surface area contributed by atoms with Crippen LogP contribution in [0.4, 0.5) is 5.13 Å². The number of fused-ring (bicyclic) bond motifs is 1. The summed E-state index contributed by atoms with van der Waals surface area (Å²) < 4.78 is 16.6. The standard InChI is InChI=1S/C20H19N3O5S/c1-23(10-14-11-27-15-5-2-3-6-16(15)28-14)18(24)9-13-12-29-20(21-13)22-19(25)17-7-4-8-26-17/h2-8,12,14H,9-11H2,1H3,(H,21,22,25)/t14-/m1/s1. The molecule has 1 aliphatic heterocycles. The average molecular weight is 413 g/mol. The van der Waals surface area contributed by atoms with Crippen molar-refractivity contribution in [2.75, 3.05) is 25.5 Å². The molecule has 0 bridgehead atoms. The van der Waals surface area contributed by atoms with Crippen molar-refractivity contribution in [2.24, 2.45) is 0 Å². The second-order valence-electron chi connectivity index (χ2n) is 6.52. The van der Waals surface area contributed by atoms with Gasteiger partial charge in [-0.2, -0.15) is 0 Å². The first kappa shape index (κ1) is 19.0. The summed E-state index contributed by atoms with van der Waals surface area (Å²) in [6.45, 7) is 0.785. The molecular formula is C20H19N3O5S. The van der Waals surface area contributed by atoms with Crippen LogP contribution in [-0.4, -0.2) is 48.0 Å². The van der Waals surface area contributed by atoms with E-state index in [1.54, 1.807) is 29.5 Å². The zero-order chi connectivity index (χ0) is 20.2. The van der Waals surface area contributed by atoms with E-state index in [4.69, 9.17) is 13.9 Å². The Bertz CT molecular complexity index is 1000. The maximum atomic E-state index is 12.5. The van der Waals surface area contributed by atoms with Gasteiger partial charge in [0, 0.05) is 12.4 Å². The van der Waals surface area contributed by atoms with Crippen LogP contribution in [0.25, 0.3) is 0 Å². The highest BCUT2D eigenvalue weighted by atomic mass is 32.1. The smallest absolute Gasteiger partial charge is 0.293 e. The number of nitrogens with zero attached hydrogens (tertiary/aromatic N) is 2. The molecule has 0 fully saturated rings. The van der Waals surface area contributed by atoms with Gasteiger partial charge in [0.1, 0.15) is 6.61 Å². The molecule has 0 radical (unpaired) electrons. The third kappa shape index (κ3) is 4.57. The molecular weight excluding hydrogens is 394 g/mol. The molecule has 0 saturated carbocycles. The maximum absolute atomic E-state index is 12.5. The van der Waals surface area contributed by atoms with Crippen LogP contribution in [-0.2, 0) is 11.2 Å². The normalized spacial score (nSPS) is 15.0. The van der Waals surface area contributed by atoms with Crippen LogP contribution in [0.2, 0.25) is 0 Å². The summed E-state index contributed by atoms with van der Waals surface area (Å²) in [4.78, 5) is 30.4. The first-order chi connectivity index (χ1) is 14.1. The number of furan rings is 1. The van der Waals surface area contributed by atoms with Crippen molar-refractivity contribution in [2.45, 2.75) is 12.5 Å². The Balaban J connectivity index is 1.29. The fraction of sp³-hybridized carbons (Fsp3) is 0.250. The van der Waals surface area contributed by atoms with Crippen molar-refractivity contribution < 1.29 is 23.5 Å². The van der Waals surface area contributed by atoms with Gasteiger partial charge in [0.2, 0.25) is 5.91 Å². The van der Waals surface area contributed by atoms with E-state index < -0.39 is 0 Å². The molecule has 150 valence electrons. The lowest BCUT2D eigenvalue weighted by atomic mass is 10.2. The lowest BCUT2D eigenvalue weighted by molar-refractivity contribution is -0.130. The van der Waals surface area contributed by atoms with Crippen molar-refractivity contribution >= 4 is 28.3 Å². The third-order valence-electron chi connectivity index (χ3n) is 4.32. The molecule has 8 nitrogen and oxygen atoms in total. The zero-order valence-electron chi connectivity index (χ0n) is 15.7. The van der Waals surface area contributed by atoms with Gasteiger partial charge in [-0.3, -0.25) is 14.9 Å². The van der Waals surface area contributed by atoms with E-state index in [0.717, 1.165) is 0 Å². The average Bonchev–Trinajstić information content (AvgIpc) is 3.40. The van der Waals surface area contributed by atoms with Gasteiger partial charge in [-0.25, -0.2) is 4.98 Å². The van der Waals surface area contributed by atoms with E-state index in [2.05, 4.69) is 10.3 Å². The third-order valence-corrected chi connectivity index (χ3v) is 5.13. The molecule has 0 saturated heterocycles. The molecule has 3 aromatic rings. The lowest BCUT2D eigenvalue weighted by Gasteiger charge is -2.29. The van der Waals surface area contributed by atoms with Crippen molar-refractivity contribution in [3.05, 3.63) is 59.5 Å². The molecule has 4 rings (SSSR count). The first-order valence-electron chi connectivity index (χ1n) is 9.00. The summed E-state index contributed by atoms with van der Waals surface area (Å²) in [5.41, 5.74) is 0.591. The molecule has 1 N–H and O–H groups in total. The quantitative estimate of drug-likeness (QED) is 0.668. The Morgan fingerprint density at radius 1 is 1.24 bits per heavy atom. The van der Waals surface area contributed by atoms with Crippen molar-refractivity contribution in [3.63, 3.8) is 0 Å². The zero-order valence-corrected chi connectivity index (χ0v) is 16.5. The molecule has 1 aromatic carbocycles. The van der Waals surface area contributed by atoms with Crippen molar-refractivity contribution in [1.82, 2.24) is 9.88 Å². The Hall–Kier alpha value is -3.33. The van der Waals surface area contributed by atoms with E-state index in [1.165, 1.54) is 17.6 Å². The topological polar surface area (TPSA) is 93.9 Å². The fourth-order valence-corrected chi connectivity index (χ4v) is 3.57. The highest BCUT2D eigenvalue weighted by Gasteiger charge is 2.24. The van der Waals surface area contributed by atoms with Gasteiger partial charge < -0.3 is 18.8 Å². The van der Waals surface area contributed by atoms with E-state index in [9.17, 15) is 9.59 Å². The minimum Gasteiger partial charge on any atom is -0.486 e. The second kappa shape index (κ2) is 8.36. The largest absolute Gasteiger partial charge is 0.486 e. The number of likely N-dealkylation sites (N-methyl/N-ethyl adjacent to an activating group) is 1. The second-order valence-corrected chi connectivity index (χ2v) is 7.38. The summed E-state index contributed by atoms with van der Waals surface area (Å²) in [5, 5.41) is 4.82. The molecule has 2 aromatic heterocycles. The van der Waals surface area contributed by atoms with Crippen LogP contribution in [0.3, 0.4) is 0 Å². The number of nitrogens with one attached hydrogen (secondary N) is 1. The fourth-order valence-electron chi connectivity index (χ4n) is 2.86. The number of benzene rings is 1. The van der Waals surface area contributed by atoms with Crippen LogP contribution < -0.4 is 14.8 Å². The molecule has 3 heterocycles. The summed E-state index contributed by atoms with van der Waals surface area (Å²) in [6, 6.07) is 10.7. The van der Waals surface area contributed by atoms with E-state index in [0.29, 0.717) is 35.5 Å². The van der Waals surface area contributed by atoms with Crippen LogP contribution in [0.5, 0.6) is 11.5 Å². The Labute approximate surface area is 171 Å². The Kier molecular flexibility index (Phi) is 5.48. The minimum absolute atomic E-state index is 0.0957. The number of thiazole rings is 1. The van der Waals surface area contributed by atoms with Crippen molar-refractivity contribution in [3.8, 4) is 11.5 Å². The molecule has 29 heavy (non-hydrogen) atoms. The first-order valence-corrected chi connectivity index (χ1v) is 9.88. The monoisotopic (exact) mass is 413 g/mol. The Morgan fingerprint density at radius 3 is 2.86 bits per heavy atom. The highest BCUT2D eigenvalue weighted by molar-refractivity contribution is 7.14. The van der Waals surface area contributed by atoms with Crippen LogP contribution in [0.1, 0.15) is 16.2 Å². The minimum atomic E-state index is -0.380. The predicted molar refractivity (Wildman–Crippen MR) is 106 cm³/mol. The number of para-hydroxylation sites is 2. The van der Waals surface area contributed by atoms with Crippen LogP contribution in [0.15, 0.2) is 52.5 Å². The number of anilines is 1. The van der Waals surface area contributed by atoms with Gasteiger partial charge in [-0.15, -0.1) is 11.3 Å².